The van der Waals surface area contributed by atoms with Gasteiger partial charge in [0.2, 0.25) is 5.78 Å². The highest BCUT2D eigenvalue weighted by Gasteiger charge is 2.60. The monoisotopic (exact) mass is 593 g/mol. The Balaban J connectivity index is 1.77. The van der Waals surface area contributed by atoms with E-state index in [4.69, 9.17) is 14.2 Å². The lowest BCUT2D eigenvalue weighted by atomic mass is 9.69. The molecule has 12 nitrogen and oxygen atoms in total. The number of carbonyl (C=O) groups is 3. The van der Waals surface area contributed by atoms with E-state index in [1.807, 2.05) is 0 Å². The van der Waals surface area contributed by atoms with Crippen LogP contribution in [0.5, 0.6) is 17.2 Å². The molecule has 0 spiro atoms. The Kier molecular flexibility index (Phi) is 7.62. The molecule has 1 aliphatic carbocycles. The van der Waals surface area contributed by atoms with Crippen molar-refractivity contribution in [2.45, 2.75) is 70.4 Å². The first-order valence-electron chi connectivity index (χ1n) is 13.9. The van der Waals surface area contributed by atoms with E-state index >= 15 is 0 Å². The SMILES string of the molecule is CC=C(C)C(=O)OCC1C2=C(CC3C4c5c(O)c(OC)c(C)c(O)c5C(O)C(C(C#N)N13)N4C)C(=O)C(C)=C(OC)C2=O. The number of fused-ring (bicyclic) bond motifs is 6. The number of nitriles is 1. The van der Waals surface area contributed by atoms with Gasteiger partial charge in [-0.2, -0.15) is 5.26 Å². The quantitative estimate of drug-likeness (QED) is 0.197. The molecular weight excluding hydrogens is 558 g/mol. The fourth-order valence-electron chi connectivity index (χ4n) is 7.28. The summed E-state index contributed by atoms with van der Waals surface area (Å²) in [4.78, 5) is 43.8. The summed E-state index contributed by atoms with van der Waals surface area (Å²) in [5.41, 5.74) is 1.25. The van der Waals surface area contributed by atoms with Crippen molar-refractivity contribution in [3.63, 3.8) is 0 Å². The number of hydrogen-bond donors (Lipinski definition) is 3. The summed E-state index contributed by atoms with van der Waals surface area (Å²) in [6.07, 6.45) is 0.150. The lowest BCUT2D eigenvalue weighted by Gasteiger charge is -2.60. The zero-order valence-corrected chi connectivity index (χ0v) is 25.1. The number of carbonyl (C=O) groups excluding carboxylic acids is 3. The number of piperazine rings is 1. The van der Waals surface area contributed by atoms with Gasteiger partial charge in [-0.3, -0.25) is 19.4 Å². The largest absolute Gasteiger partial charge is 0.507 e. The molecule has 3 aliphatic heterocycles. The Morgan fingerprint density at radius 2 is 1.79 bits per heavy atom. The number of benzene rings is 1. The van der Waals surface area contributed by atoms with Gasteiger partial charge in [-0.05, 0) is 41.2 Å². The number of phenols is 2. The molecule has 0 aromatic heterocycles. The van der Waals surface area contributed by atoms with Gasteiger partial charge in [0.05, 0.1) is 38.4 Å². The molecule has 228 valence electrons. The fraction of sp³-hybridized carbons (Fsp3) is 0.484. The molecule has 1 saturated heterocycles. The molecule has 0 saturated carbocycles. The second-order valence-electron chi connectivity index (χ2n) is 11.3. The van der Waals surface area contributed by atoms with E-state index in [1.54, 1.807) is 43.7 Å². The van der Waals surface area contributed by atoms with Gasteiger partial charge in [-0.1, -0.05) is 6.08 Å². The number of hydrogen-bond acceptors (Lipinski definition) is 12. The maximum atomic E-state index is 13.9. The second kappa shape index (κ2) is 10.8. The molecule has 6 unspecified atom stereocenters. The minimum absolute atomic E-state index is 0.00157. The van der Waals surface area contributed by atoms with Crippen molar-refractivity contribution in [3.8, 4) is 23.3 Å². The first-order valence-corrected chi connectivity index (χ1v) is 13.9. The molecule has 43 heavy (non-hydrogen) atoms. The highest BCUT2D eigenvalue weighted by molar-refractivity contribution is 6.25. The van der Waals surface area contributed by atoms with E-state index in [0.29, 0.717) is 5.57 Å². The van der Waals surface area contributed by atoms with Crippen LogP contribution in [-0.4, -0.2) is 94.7 Å². The van der Waals surface area contributed by atoms with Gasteiger partial charge >= 0.3 is 5.97 Å². The molecule has 1 aromatic rings. The third-order valence-corrected chi connectivity index (χ3v) is 9.43. The average Bonchev–Trinajstić information content (AvgIpc) is 2.98. The Bertz CT molecular complexity index is 1580. The van der Waals surface area contributed by atoms with Gasteiger partial charge in [0.1, 0.15) is 24.5 Å². The molecule has 12 heteroatoms. The summed E-state index contributed by atoms with van der Waals surface area (Å²) in [6.45, 7) is 5.95. The van der Waals surface area contributed by atoms with Crippen LogP contribution >= 0.6 is 0 Å². The third-order valence-electron chi connectivity index (χ3n) is 9.43. The van der Waals surface area contributed by atoms with E-state index in [-0.39, 0.29) is 69.4 Å². The molecular formula is C31H35N3O9. The number of Topliss-reactive ketones (excluding diaryl/α,β-unsaturated/α-hetero) is 2. The number of nitrogens with zero attached hydrogens (tertiary/aromatic N) is 3. The average molecular weight is 594 g/mol. The van der Waals surface area contributed by atoms with Crippen LogP contribution < -0.4 is 4.74 Å². The number of phenolic OH excluding ortho intramolecular Hbond substituents is 2. The minimum Gasteiger partial charge on any atom is -0.507 e. The van der Waals surface area contributed by atoms with E-state index < -0.39 is 53.8 Å². The Labute approximate surface area is 249 Å². The van der Waals surface area contributed by atoms with Gasteiger partial charge in [0.25, 0.3) is 0 Å². The highest BCUT2D eigenvalue weighted by Crippen LogP contribution is 2.58. The van der Waals surface area contributed by atoms with Crippen LogP contribution in [-0.2, 0) is 23.9 Å². The van der Waals surface area contributed by atoms with Gasteiger partial charge in [0, 0.05) is 45.0 Å². The van der Waals surface area contributed by atoms with Crippen molar-refractivity contribution in [1.82, 2.24) is 9.80 Å². The number of likely N-dealkylation sites (N-methyl/N-ethyl adjacent to an activating group) is 1. The van der Waals surface area contributed by atoms with Gasteiger partial charge in [-0.25, -0.2) is 4.79 Å². The molecule has 0 radical (unpaired) electrons. The van der Waals surface area contributed by atoms with Crippen LogP contribution in [0.15, 0.2) is 34.1 Å². The second-order valence-corrected chi connectivity index (χ2v) is 11.3. The number of allylic oxidation sites excluding steroid dienone is 3. The number of ketones is 2. The normalized spacial score (nSPS) is 29.0. The highest BCUT2D eigenvalue weighted by atomic mass is 16.5. The van der Waals surface area contributed by atoms with Crippen LogP contribution in [0.4, 0.5) is 0 Å². The lowest BCUT2D eigenvalue weighted by Crippen LogP contribution is -2.71. The molecule has 0 amide bonds. The molecule has 4 aliphatic rings. The standard InChI is InChI=1S/C31H35N3O9/c1-8-12(2)31(40)43-11-18-19-15(24(35)13(3)29(41-6)27(19)38)9-16-22-20-21(25(36)14(4)30(42-7)28(20)39)26(37)23(33(22)5)17(10-32)34(16)18/h8,16-18,22-23,26,36-37,39H,9,11H2,1-7H3. The number of rotatable bonds is 5. The van der Waals surface area contributed by atoms with E-state index in [2.05, 4.69) is 6.07 Å². The molecule has 1 aromatic carbocycles. The number of aliphatic hydroxyl groups is 1. The minimum atomic E-state index is -1.43. The van der Waals surface area contributed by atoms with E-state index in [0.717, 1.165) is 0 Å². The van der Waals surface area contributed by atoms with Crippen molar-refractivity contribution >= 4 is 17.5 Å². The summed E-state index contributed by atoms with van der Waals surface area (Å²) in [5.74, 6) is -2.23. The summed E-state index contributed by atoms with van der Waals surface area (Å²) in [7, 11) is 4.34. The topological polar surface area (TPSA) is 170 Å². The number of esters is 1. The Morgan fingerprint density at radius 1 is 1.12 bits per heavy atom. The molecule has 3 heterocycles. The van der Waals surface area contributed by atoms with E-state index in [1.165, 1.54) is 21.1 Å². The zero-order chi connectivity index (χ0) is 31.7. The molecule has 2 bridgehead atoms. The molecule has 5 rings (SSSR count). The van der Waals surface area contributed by atoms with Crippen molar-refractivity contribution < 1.29 is 43.9 Å². The maximum absolute atomic E-state index is 13.9. The first kappa shape index (κ1) is 30.3. The van der Waals surface area contributed by atoms with Crippen molar-refractivity contribution in [1.29, 1.82) is 5.26 Å². The predicted octanol–water partition coefficient (Wildman–Crippen LogP) is 2.03. The number of aromatic hydroxyl groups is 2. The Hall–Kier alpha value is -4.18. The number of ether oxygens (including phenoxy) is 3. The molecule has 3 N–H and O–H groups in total. The summed E-state index contributed by atoms with van der Waals surface area (Å²) in [5, 5.41) is 45.0. The van der Waals surface area contributed by atoms with Crippen LogP contribution in [0, 0.1) is 18.3 Å². The summed E-state index contributed by atoms with van der Waals surface area (Å²) < 4.78 is 16.4. The lowest BCUT2D eigenvalue weighted by molar-refractivity contribution is -0.147. The van der Waals surface area contributed by atoms with Crippen molar-refractivity contribution in [2.75, 3.05) is 27.9 Å². The van der Waals surface area contributed by atoms with Gasteiger partial charge in [0.15, 0.2) is 23.0 Å². The maximum Gasteiger partial charge on any atom is 0.333 e. The number of aliphatic hydroxyl groups excluding tert-OH is 1. The van der Waals surface area contributed by atoms with Crippen LogP contribution in [0.25, 0.3) is 0 Å². The summed E-state index contributed by atoms with van der Waals surface area (Å²) >= 11 is 0. The molecule has 6 atom stereocenters. The first-order chi connectivity index (χ1) is 20.4. The Morgan fingerprint density at radius 3 is 2.37 bits per heavy atom. The fourth-order valence-corrected chi connectivity index (χ4v) is 7.28. The molecule has 1 fully saturated rings. The van der Waals surface area contributed by atoms with Gasteiger partial charge < -0.3 is 29.5 Å². The van der Waals surface area contributed by atoms with Gasteiger partial charge in [-0.15, -0.1) is 0 Å². The number of methoxy groups -OCH3 is 2. The van der Waals surface area contributed by atoms with Crippen molar-refractivity contribution in [2.24, 2.45) is 0 Å². The third kappa shape index (κ3) is 4.10. The van der Waals surface area contributed by atoms with E-state index in [9.17, 15) is 35.0 Å². The smallest absolute Gasteiger partial charge is 0.333 e. The van der Waals surface area contributed by atoms with Crippen LogP contribution in [0.1, 0.15) is 56.0 Å². The van der Waals surface area contributed by atoms with Crippen LogP contribution in [0.2, 0.25) is 0 Å². The van der Waals surface area contributed by atoms with Crippen LogP contribution in [0.3, 0.4) is 0 Å². The van der Waals surface area contributed by atoms with Crippen molar-refractivity contribution in [3.05, 3.63) is 50.8 Å². The predicted molar refractivity (Wildman–Crippen MR) is 151 cm³/mol. The zero-order valence-electron chi connectivity index (χ0n) is 25.1. The summed E-state index contributed by atoms with van der Waals surface area (Å²) in [6, 6.07) is -2.30.